The number of likely N-dealkylation sites (tertiary alicyclic amines) is 1. The Morgan fingerprint density at radius 2 is 1.90 bits per heavy atom. The molecule has 4 rings (SSSR count). The van der Waals surface area contributed by atoms with Crippen LogP contribution in [-0.4, -0.2) is 49.3 Å². The highest BCUT2D eigenvalue weighted by atomic mass is 16.5. The molecule has 2 saturated heterocycles. The van der Waals surface area contributed by atoms with Crippen molar-refractivity contribution in [2.75, 3.05) is 26.8 Å². The van der Waals surface area contributed by atoms with Gasteiger partial charge >= 0.3 is 0 Å². The lowest BCUT2D eigenvalue weighted by atomic mass is 9.80. The van der Waals surface area contributed by atoms with Crippen molar-refractivity contribution in [3.05, 3.63) is 65.2 Å². The summed E-state index contributed by atoms with van der Waals surface area (Å²) in [6.45, 7) is 6.11. The van der Waals surface area contributed by atoms with E-state index in [-0.39, 0.29) is 23.7 Å². The predicted molar refractivity (Wildman–Crippen MR) is 121 cm³/mol. The molecule has 1 amide bonds. The standard InChI is InChI=1S/C26H33NO4/c1-4-30-21-17-23(20-8-6-5-7-9-20)31-26(18-21)12-14-27(15-13-26)25(28)22-11-10-19(2)16-24(22)29-3/h5-11,16,21,23H,4,12-15,17-18H2,1-3H3. The summed E-state index contributed by atoms with van der Waals surface area (Å²) in [7, 11) is 1.62. The van der Waals surface area contributed by atoms with E-state index in [9.17, 15) is 4.79 Å². The predicted octanol–water partition coefficient (Wildman–Crippen LogP) is 4.94. The van der Waals surface area contributed by atoms with Gasteiger partial charge < -0.3 is 19.1 Å². The first-order valence-electron chi connectivity index (χ1n) is 11.3. The summed E-state index contributed by atoms with van der Waals surface area (Å²) in [6, 6.07) is 16.2. The van der Waals surface area contributed by atoms with Gasteiger partial charge in [-0.2, -0.15) is 0 Å². The molecule has 0 saturated carbocycles. The summed E-state index contributed by atoms with van der Waals surface area (Å²) in [5, 5.41) is 0. The maximum atomic E-state index is 13.2. The molecular weight excluding hydrogens is 390 g/mol. The van der Waals surface area contributed by atoms with E-state index in [2.05, 4.69) is 31.2 Å². The fourth-order valence-corrected chi connectivity index (χ4v) is 4.95. The Morgan fingerprint density at radius 3 is 2.58 bits per heavy atom. The van der Waals surface area contributed by atoms with E-state index in [0.29, 0.717) is 31.0 Å². The highest BCUT2D eigenvalue weighted by Crippen LogP contribution is 2.44. The number of nitrogens with zero attached hydrogens (tertiary/aromatic N) is 1. The molecule has 0 aromatic heterocycles. The largest absolute Gasteiger partial charge is 0.496 e. The highest BCUT2D eigenvalue weighted by molar-refractivity contribution is 5.97. The van der Waals surface area contributed by atoms with E-state index >= 15 is 0 Å². The molecule has 2 heterocycles. The van der Waals surface area contributed by atoms with Crippen LogP contribution < -0.4 is 4.74 Å². The third-order valence-corrected chi connectivity index (χ3v) is 6.59. The van der Waals surface area contributed by atoms with Crippen LogP contribution in [0.2, 0.25) is 0 Å². The average Bonchev–Trinajstić information content (AvgIpc) is 2.79. The average molecular weight is 424 g/mol. The van der Waals surface area contributed by atoms with Gasteiger partial charge in [-0.1, -0.05) is 36.4 Å². The topological polar surface area (TPSA) is 48.0 Å². The third kappa shape index (κ3) is 4.78. The summed E-state index contributed by atoms with van der Waals surface area (Å²) < 4.78 is 18.3. The van der Waals surface area contributed by atoms with E-state index in [1.807, 2.05) is 36.1 Å². The van der Waals surface area contributed by atoms with Gasteiger partial charge in [0.1, 0.15) is 5.75 Å². The molecule has 31 heavy (non-hydrogen) atoms. The van der Waals surface area contributed by atoms with Gasteiger partial charge in [-0.15, -0.1) is 0 Å². The molecule has 2 unspecified atom stereocenters. The van der Waals surface area contributed by atoms with Crippen LogP contribution in [0, 0.1) is 6.92 Å². The van der Waals surface area contributed by atoms with Crippen LogP contribution in [0.4, 0.5) is 0 Å². The zero-order valence-electron chi connectivity index (χ0n) is 18.8. The van der Waals surface area contributed by atoms with Gasteiger partial charge in [0, 0.05) is 32.5 Å². The maximum Gasteiger partial charge on any atom is 0.257 e. The lowest BCUT2D eigenvalue weighted by molar-refractivity contribution is -0.190. The number of ether oxygens (including phenoxy) is 3. The zero-order valence-corrected chi connectivity index (χ0v) is 18.8. The minimum Gasteiger partial charge on any atom is -0.496 e. The van der Waals surface area contributed by atoms with Crippen molar-refractivity contribution in [2.24, 2.45) is 0 Å². The lowest BCUT2D eigenvalue weighted by Gasteiger charge is -2.48. The van der Waals surface area contributed by atoms with Crippen molar-refractivity contribution >= 4 is 5.91 Å². The molecule has 2 aromatic rings. The second-order valence-electron chi connectivity index (χ2n) is 8.71. The number of carbonyl (C=O) groups is 1. The molecule has 166 valence electrons. The SMILES string of the molecule is CCOC1CC(c2ccccc2)OC2(CCN(C(=O)c3ccc(C)cc3OC)CC2)C1. The number of rotatable bonds is 5. The maximum absolute atomic E-state index is 13.2. The molecule has 1 spiro atoms. The van der Waals surface area contributed by atoms with E-state index in [4.69, 9.17) is 14.2 Å². The number of carbonyl (C=O) groups excluding carboxylic acids is 1. The number of aryl methyl sites for hydroxylation is 1. The van der Waals surface area contributed by atoms with Gasteiger partial charge in [0.25, 0.3) is 5.91 Å². The highest BCUT2D eigenvalue weighted by Gasteiger charge is 2.45. The number of amides is 1. The molecule has 2 aliphatic rings. The van der Waals surface area contributed by atoms with Crippen molar-refractivity contribution in [3.63, 3.8) is 0 Å². The van der Waals surface area contributed by atoms with E-state index in [1.54, 1.807) is 7.11 Å². The van der Waals surface area contributed by atoms with Crippen LogP contribution >= 0.6 is 0 Å². The first-order chi connectivity index (χ1) is 15.0. The Hall–Kier alpha value is -2.37. The minimum atomic E-state index is -0.243. The molecule has 5 heteroatoms. The molecule has 2 aliphatic heterocycles. The molecular formula is C26H33NO4. The molecule has 0 aliphatic carbocycles. The Labute approximate surface area is 185 Å². The van der Waals surface area contributed by atoms with E-state index in [0.717, 1.165) is 31.2 Å². The quantitative estimate of drug-likeness (QED) is 0.684. The molecule has 2 aromatic carbocycles. The van der Waals surface area contributed by atoms with Crippen LogP contribution in [0.5, 0.6) is 5.75 Å². The minimum absolute atomic E-state index is 0.0310. The van der Waals surface area contributed by atoms with Gasteiger partial charge in [0.2, 0.25) is 0 Å². The second kappa shape index (κ2) is 9.41. The summed E-state index contributed by atoms with van der Waals surface area (Å²) in [5.74, 6) is 0.670. The first-order valence-corrected chi connectivity index (χ1v) is 11.3. The van der Waals surface area contributed by atoms with Gasteiger partial charge in [0.15, 0.2) is 0 Å². The smallest absolute Gasteiger partial charge is 0.257 e. The van der Waals surface area contributed by atoms with Crippen LogP contribution in [0.3, 0.4) is 0 Å². The van der Waals surface area contributed by atoms with Gasteiger partial charge in [0.05, 0.1) is 30.5 Å². The summed E-state index contributed by atoms with van der Waals surface area (Å²) in [4.78, 5) is 15.1. The summed E-state index contributed by atoms with van der Waals surface area (Å²) in [6.07, 6.45) is 3.62. The fourth-order valence-electron chi connectivity index (χ4n) is 4.95. The van der Waals surface area contributed by atoms with Gasteiger partial charge in [-0.3, -0.25) is 4.79 Å². The number of methoxy groups -OCH3 is 1. The molecule has 5 nitrogen and oxygen atoms in total. The van der Waals surface area contributed by atoms with Crippen LogP contribution in [-0.2, 0) is 9.47 Å². The van der Waals surface area contributed by atoms with Crippen molar-refractivity contribution < 1.29 is 19.0 Å². The first kappa shape index (κ1) is 21.8. The van der Waals surface area contributed by atoms with Crippen LogP contribution in [0.25, 0.3) is 0 Å². The Bertz CT molecular complexity index is 890. The van der Waals surface area contributed by atoms with E-state index in [1.165, 1.54) is 5.56 Å². The third-order valence-electron chi connectivity index (χ3n) is 6.59. The summed E-state index contributed by atoms with van der Waals surface area (Å²) >= 11 is 0. The van der Waals surface area contributed by atoms with Crippen molar-refractivity contribution in [1.29, 1.82) is 0 Å². The van der Waals surface area contributed by atoms with Crippen LogP contribution in [0.1, 0.15) is 60.2 Å². The Kier molecular flexibility index (Phi) is 6.63. The van der Waals surface area contributed by atoms with Crippen molar-refractivity contribution in [1.82, 2.24) is 4.90 Å². The second-order valence-corrected chi connectivity index (χ2v) is 8.71. The molecule has 0 N–H and O–H groups in total. The van der Waals surface area contributed by atoms with Crippen LogP contribution in [0.15, 0.2) is 48.5 Å². The number of benzene rings is 2. The number of hydrogen-bond acceptors (Lipinski definition) is 4. The Balaban J connectivity index is 1.48. The normalized spacial score (nSPS) is 23.0. The fraction of sp³-hybridized carbons (Fsp3) is 0.500. The van der Waals surface area contributed by atoms with E-state index < -0.39 is 0 Å². The molecule has 0 radical (unpaired) electrons. The molecule has 2 atom stereocenters. The Morgan fingerprint density at radius 1 is 1.16 bits per heavy atom. The number of piperidine rings is 1. The van der Waals surface area contributed by atoms with Crippen molar-refractivity contribution in [3.8, 4) is 5.75 Å². The monoisotopic (exact) mass is 423 g/mol. The molecule has 0 bridgehead atoms. The van der Waals surface area contributed by atoms with Gasteiger partial charge in [-0.05, 0) is 49.9 Å². The zero-order chi connectivity index (χ0) is 21.8. The van der Waals surface area contributed by atoms with Gasteiger partial charge in [-0.25, -0.2) is 0 Å². The van der Waals surface area contributed by atoms with Crippen molar-refractivity contribution in [2.45, 2.75) is 57.3 Å². The lowest BCUT2D eigenvalue weighted by Crippen LogP contribution is -2.52. The summed E-state index contributed by atoms with van der Waals surface area (Å²) in [5.41, 5.74) is 2.67. The number of hydrogen-bond donors (Lipinski definition) is 0. The molecule has 2 fully saturated rings.